The van der Waals surface area contributed by atoms with Gasteiger partial charge in [0.15, 0.2) is 5.82 Å². The molecule has 1 aliphatic heterocycles. The third-order valence-electron chi connectivity index (χ3n) is 5.69. The summed E-state index contributed by atoms with van der Waals surface area (Å²) in [7, 11) is 0. The smallest absolute Gasteiger partial charge is 0.233 e. The van der Waals surface area contributed by atoms with Crippen molar-refractivity contribution >= 4 is 0 Å². The van der Waals surface area contributed by atoms with E-state index in [4.69, 9.17) is 4.74 Å². The van der Waals surface area contributed by atoms with E-state index in [1.54, 1.807) is 25.1 Å². The summed E-state index contributed by atoms with van der Waals surface area (Å²) in [5.41, 5.74) is 1.78. The number of hydrogen-bond donors (Lipinski definition) is 2. The third kappa shape index (κ3) is 3.77. The molecular weight excluding hydrogens is 370 g/mol. The monoisotopic (exact) mass is 393 g/mol. The fourth-order valence-corrected chi connectivity index (χ4v) is 4.22. The van der Waals surface area contributed by atoms with Gasteiger partial charge in [-0.3, -0.25) is 0 Å². The van der Waals surface area contributed by atoms with E-state index in [9.17, 15) is 5.11 Å². The SMILES string of the molecule is Cc1nnn(-c2ccc(-c3ccc(O[C@H]4CCC5CNC(C5)C4)nn3)c(O)c2)n1. The lowest BCUT2D eigenvalue weighted by atomic mass is 10.0. The molecule has 2 aromatic heterocycles. The third-order valence-corrected chi connectivity index (χ3v) is 5.69. The first kappa shape index (κ1) is 18.0. The highest BCUT2D eigenvalue weighted by Crippen LogP contribution is 2.32. The van der Waals surface area contributed by atoms with E-state index in [0.29, 0.717) is 34.7 Å². The van der Waals surface area contributed by atoms with Crippen LogP contribution in [-0.4, -0.2) is 54.2 Å². The van der Waals surface area contributed by atoms with Crippen molar-refractivity contribution in [1.29, 1.82) is 0 Å². The van der Waals surface area contributed by atoms with E-state index in [2.05, 4.69) is 30.9 Å². The molecule has 3 atom stereocenters. The zero-order valence-corrected chi connectivity index (χ0v) is 16.2. The maximum atomic E-state index is 10.4. The Hall–Kier alpha value is -3.07. The first-order valence-corrected chi connectivity index (χ1v) is 9.98. The lowest BCUT2D eigenvalue weighted by Gasteiger charge is -2.21. The van der Waals surface area contributed by atoms with E-state index in [0.717, 1.165) is 25.3 Å². The highest BCUT2D eigenvalue weighted by molar-refractivity contribution is 5.68. The predicted octanol–water partition coefficient (Wildman–Crippen LogP) is 2.04. The summed E-state index contributed by atoms with van der Waals surface area (Å²) in [4.78, 5) is 1.37. The van der Waals surface area contributed by atoms with Crippen LogP contribution in [0.15, 0.2) is 30.3 Å². The number of nitrogens with zero attached hydrogens (tertiary/aromatic N) is 6. The number of benzene rings is 1. The number of fused-ring (bicyclic) bond motifs is 2. The minimum atomic E-state index is 0.0753. The molecule has 3 aromatic rings. The van der Waals surface area contributed by atoms with Crippen molar-refractivity contribution in [2.45, 2.75) is 44.8 Å². The molecule has 0 amide bonds. The van der Waals surface area contributed by atoms with Crippen molar-refractivity contribution in [2.75, 3.05) is 6.54 Å². The van der Waals surface area contributed by atoms with Gasteiger partial charge in [-0.2, -0.15) is 0 Å². The molecular formula is C20H23N7O2. The number of aromatic hydroxyl groups is 1. The summed E-state index contributed by atoms with van der Waals surface area (Å²) in [6.45, 7) is 2.90. The number of aryl methyl sites for hydroxylation is 1. The van der Waals surface area contributed by atoms with Crippen LogP contribution in [0.5, 0.6) is 11.6 Å². The topological polar surface area (TPSA) is 111 Å². The highest BCUT2D eigenvalue weighted by Gasteiger charge is 2.31. The Morgan fingerprint density at radius 1 is 1.10 bits per heavy atom. The Morgan fingerprint density at radius 2 is 2.03 bits per heavy atom. The standard InChI is InChI=1S/C20H23N7O2/c1-12-22-26-27(25-12)15-3-5-17(19(28)10-15)18-6-7-20(24-23-18)29-16-4-2-13-8-14(9-16)21-11-13/h3,5-7,10,13-14,16,21,28H,2,4,8-9,11H2,1H3/t13?,14?,16-/m0/s1. The van der Waals surface area contributed by atoms with Gasteiger partial charge in [0.25, 0.3) is 0 Å². The quantitative estimate of drug-likeness (QED) is 0.693. The minimum absolute atomic E-state index is 0.0753. The zero-order chi connectivity index (χ0) is 19.8. The average Bonchev–Trinajstić information content (AvgIpc) is 3.30. The molecule has 1 aliphatic carbocycles. The number of ether oxygens (including phenoxy) is 1. The van der Waals surface area contributed by atoms with Crippen LogP contribution in [0.3, 0.4) is 0 Å². The zero-order valence-electron chi connectivity index (χ0n) is 16.2. The molecule has 2 aliphatic rings. The molecule has 2 fully saturated rings. The number of rotatable bonds is 4. The molecule has 2 unspecified atom stereocenters. The Morgan fingerprint density at radius 3 is 2.79 bits per heavy atom. The van der Waals surface area contributed by atoms with Crippen LogP contribution in [0.1, 0.15) is 31.5 Å². The van der Waals surface area contributed by atoms with Gasteiger partial charge in [-0.1, -0.05) is 0 Å². The van der Waals surface area contributed by atoms with Gasteiger partial charge < -0.3 is 15.2 Å². The number of aromatic nitrogens is 6. The van der Waals surface area contributed by atoms with Gasteiger partial charge >= 0.3 is 0 Å². The molecule has 0 radical (unpaired) electrons. The van der Waals surface area contributed by atoms with Crippen LogP contribution in [-0.2, 0) is 0 Å². The van der Waals surface area contributed by atoms with Crippen molar-refractivity contribution in [2.24, 2.45) is 5.92 Å². The largest absolute Gasteiger partial charge is 0.507 e. The second-order valence-corrected chi connectivity index (χ2v) is 7.84. The van der Waals surface area contributed by atoms with Gasteiger partial charge in [-0.05, 0) is 68.5 Å². The highest BCUT2D eigenvalue weighted by atomic mass is 16.5. The summed E-state index contributed by atoms with van der Waals surface area (Å²) in [5.74, 6) is 1.94. The van der Waals surface area contributed by atoms with Crippen LogP contribution in [0, 0.1) is 12.8 Å². The number of phenolic OH excluding ortho intramolecular Hbond substituents is 1. The van der Waals surface area contributed by atoms with Crippen molar-refractivity contribution in [1.82, 2.24) is 35.7 Å². The van der Waals surface area contributed by atoms with Crippen molar-refractivity contribution < 1.29 is 9.84 Å². The number of nitrogens with one attached hydrogen (secondary N) is 1. The first-order valence-electron chi connectivity index (χ1n) is 9.98. The molecule has 1 saturated carbocycles. The lowest BCUT2D eigenvalue weighted by molar-refractivity contribution is 0.159. The normalized spacial score (nSPS) is 23.7. The van der Waals surface area contributed by atoms with Crippen molar-refractivity contribution in [3.05, 3.63) is 36.2 Å². The molecule has 2 bridgehead atoms. The summed E-state index contributed by atoms with van der Waals surface area (Å²) in [5, 5.41) is 34.4. The molecule has 9 heteroatoms. The summed E-state index contributed by atoms with van der Waals surface area (Å²) < 4.78 is 6.09. The van der Waals surface area contributed by atoms with E-state index >= 15 is 0 Å². The number of tetrazole rings is 1. The minimum Gasteiger partial charge on any atom is -0.507 e. The fraction of sp³-hybridized carbons (Fsp3) is 0.450. The van der Waals surface area contributed by atoms with Gasteiger partial charge in [0.1, 0.15) is 11.9 Å². The molecule has 5 rings (SSSR count). The van der Waals surface area contributed by atoms with Crippen LogP contribution in [0.2, 0.25) is 0 Å². The summed E-state index contributed by atoms with van der Waals surface area (Å²) in [6.07, 6.45) is 4.69. The first-order chi connectivity index (χ1) is 14.1. The molecule has 1 saturated heterocycles. The van der Waals surface area contributed by atoms with Gasteiger partial charge in [-0.15, -0.1) is 25.2 Å². The lowest BCUT2D eigenvalue weighted by Crippen LogP contribution is -2.30. The van der Waals surface area contributed by atoms with Gasteiger partial charge in [0, 0.05) is 23.7 Å². The van der Waals surface area contributed by atoms with Crippen LogP contribution >= 0.6 is 0 Å². The average molecular weight is 393 g/mol. The van der Waals surface area contributed by atoms with Crippen molar-refractivity contribution in [3.63, 3.8) is 0 Å². The molecule has 150 valence electrons. The molecule has 0 spiro atoms. The fourth-order valence-electron chi connectivity index (χ4n) is 4.22. The Kier molecular flexibility index (Phi) is 4.59. The maximum absolute atomic E-state index is 10.4. The summed E-state index contributed by atoms with van der Waals surface area (Å²) >= 11 is 0. The van der Waals surface area contributed by atoms with E-state index in [1.807, 2.05) is 12.1 Å². The van der Waals surface area contributed by atoms with Gasteiger partial charge in [-0.25, -0.2) is 0 Å². The van der Waals surface area contributed by atoms with Crippen LogP contribution < -0.4 is 10.1 Å². The number of hydrogen-bond acceptors (Lipinski definition) is 8. The summed E-state index contributed by atoms with van der Waals surface area (Å²) in [6, 6.07) is 9.33. The number of phenols is 1. The second-order valence-electron chi connectivity index (χ2n) is 7.84. The predicted molar refractivity (Wildman–Crippen MR) is 105 cm³/mol. The van der Waals surface area contributed by atoms with E-state index in [-0.39, 0.29) is 11.9 Å². The van der Waals surface area contributed by atoms with Gasteiger partial charge in [0.2, 0.25) is 5.88 Å². The molecule has 1 aromatic carbocycles. The Labute approximate surface area is 168 Å². The van der Waals surface area contributed by atoms with E-state index < -0.39 is 0 Å². The molecule has 29 heavy (non-hydrogen) atoms. The molecule has 9 nitrogen and oxygen atoms in total. The Bertz CT molecular complexity index is 1000. The van der Waals surface area contributed by atoms with Crippen molar-refractivity contribution in [3.8, 4) is 28.6 Å². The molecule has 2 N–H and O–H groups in total. The van der Waals surface area contributed by atoms with Gasteiger partial charge in [0.05, 0.1) is 11.4 Å². The van der Waals surface area contributed by atoms with Crippen LogP contribution in [0.25, 0.3) is 16.9 Å². The Balaban J connectivity index is 1.30. The molecule has 3 heterocycles. The maximum Gasteiger partial charge on any atom is 0.233 e. The van der Waals surface area contributed by atoms with Crippen LogP contribution in [0.4, 0.5) is 0 Å². The second kappa shape index (κ2) is 7.40. The van der Waals surface area contributed by atoms with E-state index in [1.165, 1.54) is 17.6 Å².